The van der Waals surface area contributed by atoms with E-state index in [2.05, 4.69) is 20.6 Å². The first-order chi connectivity index (χ1) is 32.3. The van der Waals surface area contributed by atoms with Crippen LogP contribution in [0, 0.1) is 23.7 Å². The maximum Gasteiger partial charge on any atom is 0.410 e. The van der Waals surface area contributed by atoms with Gasteiger partial charge in [0.2, 0.25) is 0 Å². The van der Waals surface area contributed by atoms with Crippen molar-refractivity contribution in [3.05, 3.63) is 54.4 Å². The predicted molar refractivity (Wildman–Crippen MR) is 251 cm³/mol. The molecule has 0 bridgehead atoms. The molecule has 0 saturated carbocycles. The number of aliphatic hydroxyl groups excluding tert-OH is 1. The van der Waals surface area contributed by atoms with Crippen molar-refractivity contribution in [3.8, 4) is 11.4 Å². The molecular formula is C50H72N6O12. The van der Waals surface area contributed by atoms with Gasteiger partial charge in [-0.3, -0.25) is 9.59 Å². The van der Waals surface area contributed by atoms with Crippen molar-refractivity contribution in [2.75, 3.05) is 33.7 Å². The van der Waals surface area contributed by atoms with Gasteiger partial charge in [-0.05, 0) is 91.9 Å². The molecule has 5 heterocycles. The Hall–Kier alpha value is -5.17. The fourth-order valence-corrected chi connectivity index (χ4v) is 10.5. The number of hydrogen-bond acceptors (Lipinski definition) is 15. The quantitative estimate of drug-likeness (QED) is 0.180. The number of alkyl carbamates (subject to hydrolysis) is 2. The van der Waals surface area contributed by atoms with Crippen molar-refractivity contribution in [2.45, 2.75) is 154 Å². The minimum atomic E-state index is -1.75. The van der Waals surface area contributed by atoms with Crippen LogP contribution in [-0.4, -0.2) is 149 Å². The lowest BCUT2D eigenvalue weighted by Gasteiger charge is -2.48. The summed E-state index contributed by atoms with van der Waals surface area (Å²) in [6.07, 6.45) is 1.36. The molecule has 4 saturated heterocycles. The van der Waals surface area contributed by atoms with Gasteiger partial charge in [0.1, 0.15) is 35.8 Å². The third-order valence-corrected chi connectivity index (χ3v) is 14.2. The Morgan fingerprint density at radius 1 is 1.00 bits per heavy atom. The number of ketones is 1. The number of hydrogen-bond donors (Lipinski definition) is 3. The summed E-state index contributed by atoms with van der Waals surface area (Å²) in [6, 6.07) is 8.05. The number of rotatable bonds is 10. The lowest BCUT2D eigenvalue weighted by molar-refractivity contribution is -0.298. The number of likely N-dealkylation sites (tertiary alicyclic amines) is 1. The number of Topliss-reactive ketones (excluding diaryl/α,β-unsaturated/α-hetero) is 1. The maximum absolute atomic E-state index is 14.7. The van der Waals surface area contributed by atoms with Crippen LogP contribution in [-0.2, 0) is 38.0 Å². The van der Waals surface area contributed by atoms with Crippen molar-refractivity contribution in [2.24, 2.45) is 23.7 Å². The zero-order chi connectivity index (χ0) is 49.5. The molecule has 6 rings (SSSR count). The third-order valence-electron chi connectivity index (χ3n) is 14.2. The van der Waals surface area contributed by atoms with Gasteiger partial charge in [-0.2, -0.15) is 0 Å². The highest BCUT2D eigenvalue weighted by atomic mass is 16.7. The summed E-state index contributed by atoms with van der Waals surface area (Å²) in [4.78, 5) is 82.8. The molecule has 3 amide bonds. The van der Waals surface area contributed by atoms with Crippen LogP contribution < -0.4 is 10.6 Å². The minimum absolute atomic E-state index is 0.0506. The van der Waals surface area contributed by atoms with Crippen LogP contribution in [0.1, 0.15) is 99.5 Å². The van der Waals surface area contributed by atoms with E-state index < -0.39 is 102 Å². The van der Waals surface area contributed by atoms with E-state index in [1.54, 1.807) is 77.9 Å². The average Bonchev–Trinajstić information content (AvgIpc) is 3.64. The highest BCUT2D eigenvalue weighted by Gasteiger charge is 2.58. The summed E-state index contributed by atoms with van der Waals surface area (Å²) in [7, 11) is 3.69. The fraction of sp³-hybridized carbons (Fsp3) is 0.660. The van der Waals surface area contributed by atoms with Crippen LogP contribution in [0.5, 0.6) is 0 Å². The molecule has 1 aromatic heterocycles. The second-order valence-electron chi connectivity index (χ2n) is 19.7. The summed E-state index contributed by atoms with van der Waals surface area (Å²) in [5.74, 6) is -4.32. The number of amides is 3. The number of carbonyl (C=O) groups excluding carboxylic acids is 5. The Bertz CT molecular complexity index is 2090. The van der Waals surface area contributed by atoms with E-state index in [9.17, 15) is 29.1 Å². The number of nitrogens with zero attached hydrogens (tertiary/aromatic N) is 4. The van der Waals surface area contributed by atoms with Gasteiger partial charge in [0.15, 0.2) is 17.7 Å². The van der Waals surface area contributed by atoms with Gasteiger partial charge >= 0.3 is 24.2 Å². The Morgan fingerprint density at radius 3 is 2.32 bits per heavy atom. The highest BCUT2D eigenvalue weighted by molar-refractivity contribution is 5.85. The van der Waals surface area contributed by atoms with Gasteiger partial charge in [-0.1, -0.05) is 64.1 Å². The van der Waals surface area contributed by atoms with Crippen LogP contribution in [0.25, 0.3) is 17.5 Å². The summed E-state index contributed by atoms with van der Waals surface area (Å²) in [5.41, 5.74) is -1.50. The molecule has 4 fully saturated rings. The molecule has 0 spiro atoms. The van der Waals surface area contributed by atoms with Crippen molar-refractivity contribution in [1.82, 2.24) is 30.4 Å². The molecule has 0 radical (unpaired) electrons. The van der Waals surface area contributed by atoms with Crippen LogP contribution in [0.2, 0.25) is 0 Å². The number of fused-ring (bicyclic) bond motifs is 1. The molecule has 4 aliphatic rings. The lowest BCUT2D eigenvalue weighted by atomic mass is 9.73. The molecule has 1 aromatic carbocycles. The van der Waals surface area contributed by atoms with Crippen molar-refractivity contribution in [3.63, 3.8) is 0 Å². The molecule has 18 heteroatoms. The standard InChI is InChI=1S/C50H72N6O12/c1-11-37-50(8)41(54-47(61)68-50)31(4)38(57)29(2)28-49(7,67-46(60)53-22-15-17-34-18-20-35(21-19-34)43-51-23-16-24-52-43)42(66-45-39(58)36(55(9)10)27-30(3)63-45)32(5)40(33(6)44(59)64-37)65-48(62)56-25-13-12-14-26-56/h15-21,23-24,29-33,36-37,39-42,45,58H,11-14,22,25-28H2,1-10H3,(H,53,60)(H,54,61)/b17-15+/t29-,30-,31+,32+,33-,36+,37-,39-,40+,41-,42-,45+,49-,50-/m1/s1. The molecule has 0 unspecified atom stereocenters. The van der Waals surface area contributed by atoms with Gasteiger partial charge in [0, 0.05) is 61.4 Å². The first kappa shape index (κ1) is 52.2. The zero-order valence-electron chi connectivity index (χ0n) is 41.2. The first-order valence-corrected chi connectivity index (χ1v) is 24.1. The minimum Gasteiger partial charge on any atom is -0.458 e. The van der Waals surface area contributed by atoms with E-state index in [-0.39, 0.29) is 31.3 Å². The topological polar surface area (TPSA) is 217 Å². The van der Waals surface area contributed by atoms with Crippen LogP contribution >= 0.6 is 0 Å². The molecule has 3 N–H and O–H groups in total. The Balaban J connectivity index is 1.39. The lowest BCUT2D eigenvalue weighted by Crippen LogP contribution is -2.61. The SMILES string of the molecule is CC[C@H]1OC(=O)[C@H](C)[C@@H](OC(=O)N2CCCCC2)[C@H](C)[C@@H](O[C@@H]2O[C@H](C)C[C@H](N(C)C)[C@H]2O)[C@](C)(OC(=O)NC/C=C/c2ccc(-c3ncccn3)cc2)C[C@@H](C)C(=O)[C@H](C)[C@H]2NC(=O)O[C@@]21C. The van der Waals surface area contributed by atoms with E-state index in [1.165, 1.54) is 0 Å². The number of benzene rings is 1. The van der Waals surface area contributed by atoms with E-state index in [0.717, 1.165) is 30.4 Å². The molecule has 18 nitrogen and oxygen atoms in total. The van der Waals surface area contributed by atoms with Gasteiger partial charge in [-0.25, -0.2) is 24.4 Å². The van der Waals surface area contributed by atoms with Gasteiger partial charge in [0.05, 0.1) is 18.1 Å². The Kier molecular flexibility index (Phi) is 17.3. The monoisotopic (exact) mass is 949 g/mol. The van der Waals surface area contributed by atoms with Gasteiger partial charge < -0.3 is 54.0 Å². The number of esters is 1. The normalized spacial score (nSPS) is 35.1. The fourth-order valence-electron chi connectivity index (χ4n) is 10.5. The van der Waals surface area contributed by atoms with E-state index in [0.29, 0.717) is 25.3 Å². The molecule has 68 heavy (non-hydrogen) atoms. The molecule has 2 aromatic rings. The number of cyclic esters (lactones) is 1. The van der Waals surface area contributed by atoms with E-state index in [1.807, 2.05) is 56.3 Å². The average molecular weight is 949 g/mol. The second kappa shape index (κ2) is 22.5. The number of aliphatic hydroxyl groups is 1. The maximum atomic E-state index is 14.7. The number of piperidine rings is 1. The number of carbonyl (C=O) groups is 5. The Labute approximate surface area is 400 Å². The summed E-state index contributed by atoms with van der Waals surface area (Å²) in [5, 5.41) is 17.5. The largest absolute Gasteiger partial charge is 0.458 e. The molecule has 4 aliphatic heterocycles. The number of nitrogens with one attached hydrogen (secondary N) is 2. The van der Waals surface area contributed by atoms with Crippen molar-refractivity contribution >= 4 is 36.1 Å². The molecule has 0 aliphatic carbocycles. The summed E-state index contributed by atoms with van der Waals surface area (Å²) < 4.78 is 38.2. The van der Waals surface area contributed by atoms with Crippen LogP contribution in [0.4, 0.5) is 14.4 Å². The second-order valence-corrected chi connectivity index (χ2v) is 19.7. The Morgan fingerprint density at radius 2 is 1.68 bits per heavy atom. The third kappa shape index (κ3) is 12.0. The smallest absolute Gasteiger partial charge is 0.410 e. The zero-order valence-corrected chi connectivity index (χ0v) is 41.2. The van der Waals surface area contributed by atoms with Gasteiger partial charge in [-0.15, -0.1) is 0 Å². The first-order valence-electron chi connectivity index (χ1n) is 24.1. The number of ether oxygens (including phenoxy) is 6. The summed E-state index contributed by atoms with van der Waals surface area (Å²) >= 11 is 0. The van der Waals surface area contributed by atoms with Crippen molar-refractivity contribution < 1.29 is 57.5 Å². The van der Waals surface area contributed by atoms with E-state index in [4.69, 9.17) is 28.4 Å². The molecule has 374 valence electrons. The van der Waals surface area contributed by atoms with Crippen LogP contribution in [0.3, 0.4) is 0 Å². The van der Waals surface area contributed by atoms with Crippen LogP contribution in [0.15, 0.2) is 48.8 Å². The van der Waals surface area contributed by atoms with Crippen molar-refractivity contribution in [1.29, 1.82) is 0 Å². The van der Waals surface area contributed by atoms with E-state index >= 15 is 0 Å². The summed E-state index contributed by atoms with van der Waals surface area (Å²) in [6.45, 7) is 14.6. The predicted octanol–water partition coefficient (Wildman–Crippen LogP) is 6.15. The highest BCUT2D eigenvalue weighted by Crippen LogP contribution is 2.42. The molecular weight excluding hydrogens is 877 g/mol. The number of aromatic nitrogens is 2. The number of likely N-dealkylation sites (N-methyl/N-ethyl adjacent to an activating group) is 1. The molecule has 14 atom stereocenters. The van der Waals surface area contributed by atoms with Gasteiger partial charge in [0.25, 0.3) is 0 Å².